The summed E-state index contributed by atoms with van der Waals surface area (Å²) in [6.07, 6.45) is 2.33. The molecular weight excluding hydrogens is 326 g/mol. The first kappa shape index (κ1) is 17.9. The maximum absolute atomic E-state index is 5.44. The number of nitrogens with zero attached hydrogens (tertiary/aromatic N) is 2. The van der Waals surface area contributed by atoms with Gasteiger partial charge in [-0.3, -0.25) is 0 Å². The van der Waals surface area contributed by atoms with Gasteiger partial charge in [-0.25, -0.2) is 9.97 Å². The van der Waals surface area contributed by atoms with Crippen LogP contribution in [-0.2, 0) is 13.0 Å². The van der Waals surface area contributed by atoms with E-state index in [1.165, 1.54) is 5.56 Å². The highest BCUT2D eigenvalue weighted by Gasteiger charge is 2.09. The molecule has 2 aromatic carbocycles. The van der Waals surface area contributed by atoms with Crippen LogP contribution in [0.4, 0.5) is 0 Å². The highest BCUT2D eigenvalue weighted by Crippen LogP contribution is 2.28. The summed E-state index contributed by atoms with van der Waals surface area (Å²) in [5.74, 6) is 1.69. The zero-order valence-corrected chi connectivity index (χ0v) is 15.3. The minimum Gasteiger partial charge on any atom is -0.496 e. The van der Waals surface area contributed by atoms with E-state index in [-0.39, 0.29) is 0 Å². The second-order valence-corrected chi connectivity index (χ2v) is 5.95. The average molecular weight is 349 g/mol. The van der Waals surface area contributed by atoms with Crippen LogP contribution in [-0.4, -0.2) is 31.2 Å². The summed E-state index contributed by atoms with van der Waals surface area (Å²) in [7, 11) is 5.29. The third kappa shape index (κ3) is 4.00. The second kappa shape index (κ2) is 8.45. The fraction of sp³-hybridized carbons (Fsp3) is 0.238. The summed E-state index contributed by atoms with van der Waals surface area (Å²) in [5.41, 5.74) is 5.09. The molecule has 0 atom stereocenters. The van der Waals surface area contributed by atoms with Crippen LogP contribution < -0.4 is 14.8 Å². The number of rotatable bonds is 7. The number of nitrogens with one attached hydrogen (secondary N) is 1. The van der Waals surface area contributed by atoms with Gasteiger partial charge in [0.25, 0.3) is 0 Å². The van der Waals surface area contributed by atoms with Crippen molar-refractivity contribution < 1.29 is 9.47 Å². The number of ether oxygens (including phenoxy) is 2. The van der Waals surface area contributed by atoms with Crippen LogP contribution in [0.1, 0.15) is 16.8 Å². The van der Waals surface area contributed by atoms with E-state index in [9.17, 15) is 0 Å². The van der Waals surface area contributed by atoms with Crippen molar-refractivity contribution in [2.45, 2.75) is 13.0 Å². The van der Waals surface area contributed by atoms with Crippen molar-refractivity contribution in [3.8, 4) is 22.8 Å². The minimum atomic E-state index is 0.728. The Balaban J connectivity index is 1.89. The standard InChI is InChI=1S/C21H23N3O2/c1-22-13-16-10-15(8-9-20(16)25-2)11-17-12-19(24-14-23-17)18-6-4-5-7-21(18)26-3/h4-10,12,14,22H,11,13H2,1-3H3. The van der Waals surface area contributed by atoms with Crippen LogP contribution in [0.5, 0.6) is 11.5 Å². The molecule has 0 saturated carbocycles. The van der Waals surface area contributed by atoms with E-state index < -0.39 is 0 Å². The molecule has 0 aliphatic carbocycles. The topological polar surface area (TPSA) is 56.3 Å². The van der Waals surface area contributed by atoms with Gasteiger partial charge in [-0.05, 0) is 36.9 Å². The molecule has 0 aliphatic rings. The molecule has 0 bridgehead atoms. The number of benzene rings is 2. The first-order chi connectivity index (χ1) is 12.7. The quantitative estimate of drug-likeness (QED) is 0.708. The lowest BCUT2D eigenvalue weighted by Crippen LogP contribution is -2.07. The Morgan fingerprint density at radius 1 is 0.923 bits per heavy atom. The average Bonchev–Trinajstić information content (AvgIpc) is 2.69. The Hall–Kier alpha value is -2.92. The van der Waals surface area contributed by atoms with Gasteiger partial charge in [-0.2, -0.15) is 0 Å². The molecule has 0 fully saturated rings. The molecule has 0 spiro atoms. The van der Waals surface area contributed by atoms with Crippen molar-refractivity contribution in [3.63, 3.8) is 0 Å². The smallest absolute Gasteiger partial charge is 0.128 e. The molecule has 1 N–H and O–H groups in total. The van der Waals surface area contributed by atoms with Gasteiger partial charge in [0.2, 0.25) is 0 Å². The van der Waals surface area contributed by atoms with E-state index in [0.717, 1.165) is 47.0 Å². The SMILES string of the molecule is CNCc1cc(Cc2cc(-c3ccccc3OC)ncn2)ccc1OC. The maximum Gasteiger partial charge on any atom is 0.128 e. The molecular formula is C21H23N3O2. The monoisotopic (exact) mass is 349 g/mol. The first-order valence-corrected chi connectivity index (χ1v) is 8.50. The lowest BCUT2D eigenvalue weighted by molar-refractivity contribution is 0.408. The lowest BCUT2D eigenvalue weighted by atomic mass is 10.0. The molecule has 0 saturated heterocycles. The molecule has 0 amide bonds. The van der Waals surface area contributed by atoms with Gasteiger partial charge >= 0.3 is 0 Å². The molecule has 5 heteroatoms. The van der Waals surface area contributed by atoms with Gasteiger partial charge < -0.3 is 14.8 Å². The van der Waals surface area contributed by atoms with E-state index in [0.29, 0.717) is 0 Å². The highest BCUT2D eigenvalue weighted by atomic mass is 16.5. The number of hydrogen-bond acceptors (Lipinski definition) is 5. The Kier molecular flexibility index (Phi) is 5.81. The van der Waals surface area contributed by atoms with Gasteiger partial charge in [0.05, 0.1) is 19.9 Å². The molecule has 1 heterocycles. The van der Waals surface area contributed by atoms with Crippen molar-refractivity contribution in [1.29, 1.82) is 0 Å². The third-order valence-corrected chi connectivity index (χ3v) is 4.20. The third-order valence-electron chi connectivity index (χ3n) is 4.20. The number of methoxy groups -OCH3 is 2. The fourth-order valence-electron chi connectivity index (χ4n) is 2.98. The zero-order valence-electron chi connectivity index (χ0n) is 15.3. The number of hydrogen-bond donors (Lipinski definition) is 1. The Morgan fingerprint density at radius 3 is 2.50 bits per heavy atom. The Morgan fingerprint density at radius 2 is 1.73 bits per heavy atom. The number of aromatic nitrogens is 2. The Labute approximate surface area is 154 Å². The van der Waals surface area contributed by atoms with Crippen molar-refractivity contribution >= 4 is 0 Å². The van der Waals surface area contributed by atoms with Gasteiger partial charge in [-0.1, -0.05) is 24.3 Å². The van der Waals surface area contributed by atoms with Gasteiger partial charge in [0, 0.05) is 29.8 Å². The van der Waals surface area contributed by atoms with Crippen LogP contribution >= 0.6 is 0 Å². The predicted molar refractivity (Wildman–Crippen MR) is 103 cm³/mol. The summed E-state index contributed by atoms with van der Waals surface area (Å²) in [6, 6.07) is 16.1. The van der Waals surface area contributed by atoms with E-state index in [4.69, 9.17) is 9.47 Å². The van der Waals surface area contributed by atoms with Crippen molar-refractivity contribution in [3.05, 3.63) is 71.7 Å². The summed E-state index contributed by atoms with van der Waals surface area (Å²) in [4.78, 5) is 8.85. The Bertz CT molecular complexity index is 881. The van der Waals surface area contributed by atoms with Crippen LogP contribution in [0.15, 0.2) is 54.9 Å². The van der Waals surface area contributed by atoms with Crippen molar-refractivity contribution in [2.75, 3.05) is 21.3 Å². The molecule has 1 aromatic heterocycles. The molecule has 26 heavy (non-hydrogen) atoms. The molecule has 0 radical (unpaired) electrons. The maximum atomic E-state index is 5.44. The van der Waals surface area contributed by atoms with E-state index in [2.05, 4.69) is 27.4 Å². The second-order valence-electron chi connectivity index (χ2n) is 5.95. The predicted octanol–water partition coefficient (Wildman–Crippen LogP) is 3.47. The largest absolute Gasteiger partial charge is 0.496 e. The van der Waals surface area contributed by atoms with Crippen molar-refractivity contribution in [2.24, 2.45) is 0 Å². The summed E-state index contributed by atoms with van der Waals surface area (Å²) >= 11 is 0. The van der Waals surface area contributed by atoms with Gasteiger partial charge in [0.15, 0.2) is 0 Å². The highest BCUT2D eigenvalue weighted by molar-refractivity contribution is 5.67. The van der Waals surface area contributed by atoms with Gasteiger partial charge in [0.1, 0.15) is 17.8 Å². The molecule has 5 nitrogen and oxygen atoms in total. The molecule has 134 valence electrons. The molecule has 0 aliphatic heterocycles. The first-order valence-electron chi connectivity index (χ1n) is 8.50. The lowest BCUT2D eigenvalue weighted by Gasteiger charge is -2.11. The zero-order chi connectivity index (χ0) is 18.4. The molecule has 3 rings (SSSR count). The summed E-state index contributed by atoms with van der Waals surface area (Å²) < 4.78 is 10.9. The van der Waals surface area contributed by atoms with E-state index >= 15 is 0 Å². The summed E-state index contributed by atoms with van der Waals surface area (Å²) in [5, 5.41) is 3.17. The number of para-hydroxylation sites is 1. The molecule has 0 unspecified atom stereocenters. The van der Waals surface area contributed by atoms with E-state index in [1.807, 2.05) is 43.4 Å². The van der Waals surface area contributed by atoms with E-state index in [1.54, 1.807) is 20.5 Å². The van der Waals surface area contributed by atoms with Gasteiger partial charge in [-0.15, -0.1) is 0 Å². The minimum absolute atomic E-state index is 0.728. The van der Waals surface area contributed by atoms with Crippen LogP contribution in [0, 0.1) is 0 Å². The fourth-order valence-corrected chi connectivity index (χ4v) is 2.98. The van der Waals surface area contributed by atoms with Crippen LogP contribution in [0.2, 0.25) is 0 Å². The van der Waals surface area contributed by atoms with Crippen LogP contribution in [0.25, 0.3) is 11.3 Å². The van der Waals surface area contributed by atoms with Crippen LogP contribution in [0.3, 0.4) is 0 Å². The molecule has 3 aromatic rings. The normalized spacial score (nSPS) is 10.6. The van der Waals surface area contributed by atoms with Crippen molar-refractivity contribution in [1.82, 2.24) is 15.3 Å². The summed E-state index contributed by atoms with van der Waals surface area (Å²) in [6.45, 7) is 0.757.